The van der Waals surface area contributed by atoms with E-state index in [-0.39, 0.29) is 18.1 Å². The van der Waals surface area contributed by atoms with E-state index in [2.05, 4.69) is 20.0 Å². The summed E-state index contributed by atoms with van der Waals surface area (Å²) in [5, 5.41) is 3.06. The second kappa shape index (κ2) is 5.77. The van der Waals surface area contributed by atoms with Crippen LogP contribution in [0.25, 0.3) is 0 Å². The van der Waals surface area contributed by atoms with Gasteiger partial charge in [-0.15, -0.1) is 0 Å². The number of nitrogens with one attached hydrogen (secondary N) is 1. The fraction of sp³-hybridized carbons (Fsp3) is 0.583. The maximum atomic E-state index is 11.3. The van der Waals surface area contributed by atoms with Gasteiger partial charge in [-0.25, -0.2) is 9.97 Å². The molecule has 0 bridgehead atoms. The van der Waals surface area contributed by atoms with Crippen LogP contribution in [0.5, 0.6) is 5.88 Å². The molecule has 0 aromatic carbocycles. The minimum atomic E-state index is -0.285. The van der Waals surface area contributed by atoms with Gasteiger partial charge < -0.3 is 14.8 Å². The van der Waals surface area contributed by atoms with Crippen LogP contribution in [0.4, 0.5) is 0 Å². The molecule has 2 rings (SSSR count). The van der Waals surface area contributed by atoms with Gasteiger partial charge in [-0.3, -0.25) is 4.79 Å². The molecule has 1 aliphatic rings. The van der Waals surface area contributed by atoms with Crippen molar-refractivity contribution in [3.8, 4) is 5.88 Å². The molecular formula is C12H17N3O3. The van der Waals surface area contributed by atoms with Crippen molar-refractivity contribution in [1.82, 2.24) is 15.3 Å². The first-order chi connectivity index (χ1) is 8.72. The monoisotopic (exact) mass is 251 g/mol. The van der Waals surface area contributed by atoms with Gasteiger partial charge in [0.05, 0.1) is 7.11 Å². The maximum absolute atomic E-state index is 11.3. The molecule has 1 fully saturated rings. The summed E-state index contributed by atoms with van der Waals surface area (Å²) in [5.41, 5.74) is 0.940. The normalized spacial score (nSPS) is 22.8. The number of esters is 1. The molecule has 6 heteroatoms. The lowest BCUT2D eigenvalue weighted by molar-refractivity contribution is -0.142. The van der Waals surface area contributed by atoms with Crippen molar-refractivity contribution >= 4 is 5.97 Å². The molecule has 2 unspecified atom stereocenters. The lowest BCUT2D eigenvalue weighted by Crippen LogP contribution is -2.31. The van der Waals surface area contributed by atoms with Crippen LogP contribution in [0, 0.1) is 0 Å². The Balaban J connectivity index is 1.92. The molecule has 0 saturated carbocycles. The first-order valence-electron chi connectivity index (χ1n) is 6.01. The van der Waals surface area contributed by atoms with Gasteiger partial charge in [-0.2, -0.15) is 0 Å². The number of ether oxygens (including phenoxy) is 2. The summed E-state index contributed by atoms with van der Waals surface area (Å²) in [5.74, 6) is 0.303. The van der Waals surface area contributed by atoms with E-state index >= 15 is 0 Å². The SMILES string of the molecule is CCc1cc(OC2CNC(C(=O)OC)C2)ncn1. The second-order valence-electron chi connectivity index (χ2n) is 4.16. The quantitative estimate of drug-likeness (QED) is 0.777. The van der Waals surface area contributed by atoms with E-state index in [1.54, 1.807) is 0 Å². The van der Waals surface area contributed by atoms with Gasteiger partial charge in [-0.05, 0) is 6.42 Å². The molecule has 6 nitrogen and oxygen atoms in total. The number of carbonyl (C=O) groups is 1. The Hall–Kier alpha value is -1.69. The molecule has 0 radical (unpaired) electrons. The van der Waals surface area contributed by atoms with Crippen molar-refractivity contribution in [1.29, 1.82) is 0 Å². The van der Waals surface area contributed by atoms with Crippen molar-refractivity contribution in [2.75, 3.05) is 13.7 Å². The van der Waals surface area contributed by atoms with Crippen LogP contribution in [-0.2, 0) is 16.0 Å². The average molecular weight is 251 g/mol. The van der Waals surface area contributed by atoms with Gasteiger partial charge in [0.1, 0.15) is 18.5 Å². The molecule has 18 heavy (non-hydrogen) atoms. The Kier molecular flexibility index (Phi) is 4.09. The molecule has 1 N–H and O–H groups in total. The molecule has 0 aliphatic carbocycles. The zero-order valence-corrected chi connectivity index (χ0v) is 10.5. The summed E-state index contributed by atoms with van der Waals surface area (Å²) in [6, 6.07) is 1.54. The van der Waals surface area contributed by atoms with Crippen LogP contribution < -0.4 is 10.1 Å². The Morgan fingerprint density at radius 1 is 1.56 bits per heavy atom. The predicted molar refractivity (Wildman–Crippen MR) is 64.2 cm³/mol. The number of aryl methyl sites for hydroxylation is 1. The maximum Gasteiger partial charge on any atom is 0.323 e. The number of rotatable bonds is 4. The number of hydrogen-bond donors (Lipinski definition) is 1. The Morgan fingerprint density at radius 2 is 2.39 bits per heavy atom. The molecule has 0 spiro atoms. The number of hydrogen-bond acceptors (Lipinski definition) is 6. The Labute approximate surface area is 106 Å². The highest BCUT2D eigenvalue weighted by atomic mass is 16.5. The largest absolute Gasteiger partial charge is 0.473 e. The zero-order chi connectivity index (χ0) is 13.0. The van der Waals surface area contributed by atoms with Crippen LogP contribution in [-0.4, -0.2) is 41.7 Å². The third-order valence-corrected chi connectivity index (χ3v) is 2.92. The van der Waals surface area contributed by atoms with E-state index < -0.39 is 0 Å². The topological polar surface area (TPSA) is 73.3 Å². The van der Waals surface area contributed by atoms with E-state index in [1.807, 2.05) is 13.0 Å². The highest BCUT2D eigenvalue weighted by Crippen LogP contribution is 2.16. The van der Waals surface area contributed by atoms with Crippen molar-refractivity contribution < 1.29 is 14.3 Å². The van der Waals surface area contributed by atoms with Gasteiger partial charge in [0.15, 0.2) is 0 Å². The fourth-order valence-corrected chi connectivity index (χ4v) is 1.92. The molecule has 0 amide bonds. The zero-order valence-electron chi connectivity index (χ0n) is 10.5. The van der Waals surface area contributed by atoms with Crippen LogP contribution in [0.2, 0.25) is 0 Å². The van der Waals surface area contributed by atoms with Crippen molar-refractivity contribution in [2.24, 2.45) is 0 Å². The van der Waals surface area contributed by atoms with E-state index in [0.29, 0.717) is 18.8 Å². The molecule has 1 saturated heterocycles. The van der Waals surface area contributed by atoms with Crippen LogP contribution in [0.3, 0.4) is 0 Å². The molecule has 2 heterocycles. The van der Waals surface area contributed by atoms with Crippen molar-refractivity contribution in [3.05, 3.63) is 18.1 Å². The summed E-state index contributed by atoms with van der Waals surface area (Å²) >= 11 is 0. The smallest absolute Gasteiger partial charge is 0.323 e. The summed E-state index contributed by atoms with van der Waals surface area (Å²) in [4.78, 5) is 19.5. The number of methoxy groups -OCH3 is 1. The second-order valence-corrected chi connectivity index (χ2v) is 4.16. The lowest BCUT2D eigenvalue weighted by Gasteiger charge is -2.12. The molecule has 1 aliphatic heterocycles. The van der Waals surface area contributed by atoms with E-state index in [0.717, 1.165) is 12.1 Å². The first-order valence-corrected chi connectivity index (χ1v) is 6.01. The number of aromatic nitrogens is 2. The van der Waals surface area contributed by atoms with Crippen LogP contribution in [0.1, 0.15) is 19.0 Å². The average Bonchev–Trinajstić information content (AvgIpc) is 2.86. The highest BCUT2D eigenvalue weighted by Gasteiger charge is 2.31. The lowest BCUT2D eigenvalue weighted by atomic mass is 10.2. The molecule has 1 aromatic heterocycles. The molecular weight excluding hydrogens is 234 g/mol. The summed E-state index contributed by atoms with van der Waals surface area (Å²) < 4.78 is 10.4. The highest BCUT2D eigenvalue weighted by molar-refractivity contribution is 5.76. The van der Waals surface area contributed by atoms with Crippen molar-refractivity contribution in [2.45, 2.75) is 31.9 Å². The minimum Gasteiger partial charge on any atom is -0.473 e. The standard InChI is InChI=1S/C12H17N3O3/c1-3-8-4-11(15-7-14-8)18-9-5-10(13-6-9)12(16)17-2/h4,7,9-10,13H,3,5-6H2,1-2H3. The van der Waals surface area contributed by atoms with Gasteiger partial charge in [0.25, 0.3) is 0 Å². The van der Waals surface area contributed by atoms with E-state index in [9.17, 15) is 4.79 Å². The van der Waals surface area contributed by atoms with Gasteiger partial charge >= 0.3 is 5.97 Å². The molecule has 98 valence electrons. The van der Waals surface area contributed by atoms with Gasteiger partial charge in [0, 0.05) is 24.7 Å². The Morgan fingerprint density at radius 3 is 3.11 bits per heavy atom. The molecule has 1 aromatic rings. The van der Waals surface area contributed by atoms with Crippen LogP contribution >= 0.6 is 0 Å². The third kappa shape index (κ3) is 2.95. The molecule has 2 atom stereocenters. The van der Waals surface area contributed by atoms with E-state index in [4.69, 9.17) is 4.74 Å². The predicted octanol–water partition coefficient (Wildman–Crippen LogP) is 0.321. The van der Waals surface area contributed by atoms with Gasteiger partial charge in [-0.1, -0.05) is 6.92 Å². The van der Waals surface area contributed by atoms with E-state index in [1.165, 1.54) is 13.4 Å². The van der Waals surface area contributed by atoms with Crippen molar-refractivity contribution in [3.63, 3.8) is 0 Å². The number of carbonyl (C=O) groups excluding carboxylic acids is 1. The minimum absolute atomic E-state index is 0.0614. The summed E-state index contributed by atoms with van der Waals surface area (Å²) in [7, 11) is 1.39. The summed E-state index contributed by atoms with van der Waals surface area (Å²) in [6.07, 6.45) is 2.87. The Bertz CT molecular complexity index is 425. The fourth-order valence-electron chi connectivity index (χ4n) is 1.92. The van der Waals surface area contributed by atoms with Gasteiger partial charge in [0.2, 0.25) is 5.88 Å². The number of nitrogens with zero attached hydrogens (tertiary/aromatic N) is 2. The van der Waals surface area contributed by atoms with Crippen LogP contribution in [0.15, 0.2) is 12.4 Å². The third-order valence-electron chi connectivity index (χ3n) is 2.92. The summed E-state index contributed by atoms with van der Waals surface area (Å²) in [6.45, 7) is 2.64. The first kappa shape index (κ1) is 12.8.